The van der Waals surface area contributed by atoms with E-state index in [1.54, 1.807) is 0 Å². The molecule has 5 heteroatoms. The van der Waals surface area contributed by atoms with Crippen LogP contribution in [0.5, 0.6) is 0 Å². The van der Waals surface area contributed by atoms with E-state index in [0.717, 1.165) is 0 Å². The van der Waals surface area contributed by atoms with Gasteiger partial charge in [0.1, 0.15) is 11.5 Å². The molecule has 27 heavy (non-hydrogen) atoms. The third-order valence-electron chi connectivity index (χ3n) is 3.55. The average Bonchev–Trinajstić information content (AvgIpc) is 2.34. The van der Waals surface area contributed by atoms with E-state index in [9.17, 15) is 19.8 Å². The summed E-state index contributed by atoms with van der Waals surface area (Å²) in [5, 5.41) is 19.1. The first-order valence-electron chi connectivity index (χ1n) is 9.01. The molecule has 0 aliphatic carbocycles. The van der Waals surface area contributed by atoms with Crippen molar-refractivity contribution in [1.82, 2.24) is 0 Å². The summed E-state index contributed by atoms with van der Waals surface area (Å²) in [6, 6.07) is 0. The van der Waals surface area contributed by atoms with Gasteiger partial charge in [-0.1, -0.05) is 83.1 Å². The van der Waals surface area contributed by atoms with Crippen LogP contribution in [0.2, 0.25) is 0 Å². The van der Waals surface area contributed by atoms with Crippen molar-refractivity contribution < 1.29 is 36.9 Å². The first-order valence-corrected chi connectivity index (χ1v) is 9.01. The molecule has 0 heterocycles. The van der Waals surface area contributed by atoms with Crippen molar-refractivity contribution in [3.05, 3.63) is 23.7 Å². The van der Waals surface area contributed by atoms with E-state index in [2.05, 4.69) is 0 Å². The molecule has 0 aliphatic rings. The predicted octanol–water partition coefficient (Wildman–Crippen LogP) is 6.18. The summed E-state index contributed by atoms with van der Waals surface area (Å²) in [7, 11) is 0. The van der Waals surface area contributed by atoms with Gasteiger partial charge in [-0.3, -0.25) is 9.59 Å². The molecule has 0 aliphatic heterocycles. The van der Waals surface area contributed by atoms with Gasteiger partial charge in [-0.2, -0.15) is 0 Å². The molecule has 2 N–H and O–H groups in total. The molecule has 0 saturated carbocycles. The van der Waals surface area contributed by atoms with E-state index < -0.39 is 10.8 Å². The maximum Gasteiger partial charge on any atom is 0.164 e. The first-order chi connectivity index (χ1) is 11.1. The van der Waals surface area contributed by atoms with Gasteiger partial charge in [-0.05, 0) is 0 Å². The Hall–Kier alpha value is -1.06. The van der Waals surface area contributed by atoms with Gasteiger partial charge in [0.2, 0.25) is 0 Å². The quantitative estimate of drug-likeness (QED) is 0.311. The Morgan fingerprint density at radius 1 is 0.519 bits per heavy atom. The maximum absolute atomic E-state index is 11.5. The van der Waals surface area contributed by atoms with Crippen LogP contribution in [0.25, 0.3) is 0 Å². The second-order valence-corrected chi connectivity index (χ2v) is 10.8. The number of aliphatic hydroxyl groups is 2. The third kappa shape index (κ3) is 13.7. The maximum atomic E-state index is 11.5. The fourth-order valence-electron chi connectivity index (χ4n) is 1.11. The number of allylic oxidation sites excluding steroid dienone is 4. The summed E-state index contributed by atoms with van der Waals surface area (Å²) in [6.45, 7) is 22.2. The number of ketones is 2. The van der Waals surface area contributed by atoms with Crippen molar-refractivity contribution in [3.63, 3.8) is 0 Å². The standard InChI is InChI=1S/2C11H20O2.Cu/c2*1-10(2,3)8(12)7-9(13)11(4,5)6;/h2*7,12H,1-6H3;/b8-7+;8-7-;. The molecule has 0 saturated heterocycles. The van der Waals surface area contributed by atoms with Crippen LogP contribution in [-0.4, -0.2) is 21.8 Å². The summed E-state index contributed by atoms with van der Waals surface area (Å²) >= 11 is 0. The van der Waals surface area contributed by atoms with Crippen molar-refractivity contribution in [2.75, 3.05) is 0 Å². The molecule has 0 aromatic heterocycles. The van der Waals surface area contributed by atoms with Crippen LogP contribution in [0, 0.1) is 21.7 Å². The Kier molecular flexibility index (Phi) is 11.9. The summed E-state index contributed by atoms with van der Waals surface area (Å²) in [6.07, 6.45) is 2.67. The Morgan fingerprint density at radius 3 is 0.815 bits per heavy atom. The smallest absolute Gasteiger partial charge is 0.164 e. The van der Waals surface area contributed by atoms with Gasteiger partial charge in [-0.25, -0.2) is 0 Å². The van der Waals surface area contributed by atoms with E-state index in [-0.39, 0.29) is 51.0 Å². The normalized spacial score (nSPS) is 13.9. The van der Waals surface area contributed by atoms with Gasteiger partial charge in [0.15, 0.2) is 11.6 Å². The zero-order chi connectivity index (χ0) is 21.7. The van der Waals surface area contributed by atoms with Crippen LogP contribution >= 0.6 is 0 Å². The van der Waals surface area contributed by atoms with Crippen LogP contribution in [-0.2, 0) is 26.7 Å². The summed E-state index contributed by atoms with van der Waals surface area (Å²) < 4.78 is 0. The third-order valence-corrected chi connectivity index (χ3v) is 3.55. The largest absolute Gasteiger partial charge is 0.512 e. The number of rotatable bonds is 2. The van der Waals surface area contributed by atoms with E-state index in [1.807, 2.05) is 83.1 Å². The van der Waals surface area contributed by atoms with E-state index in [0.29, 0.717) is 0 Å². The average molecular weight is 432 g/mol. The summed E-state index contributed by atoms with van der Waals surface area (Å²) in [4.78, 5) is 23.0. The molecule has 4 nitrogen and oxygen atoms in total. The van der Waals surface area contributed by atoms with Gasteiger partial charge >= 0.3 is 0 Å². The van der Waals surface area contributed by atoms with E-state index in [4.69, 9.17) is 0 Å². The Morgan fingerprint density at radius 2 is 0.704 bits per heavy atom. The number of hydrogen-bond donors (Lipinski definition) is 2. The fraction of sp³-hybridized carbons (Fsp3) is 0.727. The summed E-state index contributed by atoms with van der Waals surface area (Å²) in [5.41, 5.74) is -1.53. The number of aliphatic hydroxyl groups excluding tert-OH is 2. The summed E-state index contributed by atoms with van der Waals surface area (Å²) in [5.74, 6) is 0.208. The Bertz CT molecular complexity index is 505. The second kappa shape index (κ2) is 10.5. The van der Waals surface area contributed by atoms with E-state index >= 15 is 0 Å². The van der Waals surface area contributed by atoms with Crippen LogP contribution in [0.1, 0.15) is 83.1 Å². The minimum absolute atomic E-state index is 0. The molecule has 0 aromatic rings. The van der Waals surface area contributed by atoms with Gasteiger partial charge in [0, 0.05) is 50.9 Å². The van der Waals surface area contributed by atoms with Crippen LogP contribution in [0.3, 0.4) is 0 Å². The van der Waals surface area contributed by atoms with Crippen molar-refractivity contribution in [2.45, 2.75) is 83.1 Å². The van der Waals surface area contributed by atoms with Crippen molar-refractivity contribution in [2.24, 2.45) is 21.7 Å². The molecule has 0 unspecified atom stereocenters. The van der Waals surface area contributed by atoms with E-state index in [1.165, 1.54) is 12.2 Å². The molecule has 0 bridgehead atoms. The van der Waals surface area contributed by atoms with Crippen LogP contribution in [0.4, 0.5) is 0 Å². The van der Waals surface area contributed by atoms with Crippen molar-refractivity contribution >= 4 is 11.6 Å². The fourth-order valence-corrected chi connectivity index (χ4v) is 1.11. The minimum atomic E-state index is -0.417. The van der Waals surface area contributed by atoms with Crippen LogP contribution < -0.4 is 0 Å². The van der Waals surface area contributed by atoms with Crippen LogP contribution in [0.15, 0.2) is 23.7 Å². The number of carbonyl (C=O) groups is 2. The van der Waals surface area contributed by atoms with Gasteiger partial charge in [0.25, 0.3) is 0 Å². The zero-order valence-corrected chi connectivity index (χ0v) is 20.1. The molecular formula is C22H40CuO4. The predicted molar refractivity (Wildman–Crippen MR) is 109 cm³/mol. The molecule has 1 radical (unpaired) electrons. The monoisotopic (exact) mass is 431 g/mol. The molecule has 163 valence electrons. The van der Waals surface area contributed by atoms with Crippen molar-refractivity contribution in [3.8, 4) is 0 Å². The first kappa shape index (κ1) is 30.7. The molecule has 0 spiro atoms. The van der Waals surface area contributed by atoms with Gasteiger partial charge < -0.3 is 10.2 Å². The van der Waals surface area contributed by atoms with Gasteiger partial charge in [0.05, 0.1) is 0 Å². The second-order valence-electron chi connectivity index (χ2n) is 10.8. The Labute approximate surface area is 177 Å². The molecule has 0 atom stereocenters. The Balaban J connectivity index is -0.000000411. The number of carbonyl (C=O) groups excluding carboxylic acids is 2. The molecule has 0 rings (SSSR count). The van der Waals surface area contributed by atoms with Gasteiger partial charge in [-0.15, -0.1) is 0 Å². The zero-order valence-electron chi connectivity index (χ0n) is 19.2. The molecule has 0 amide bonds. The van der Waals surface area contributed by atoms with Crippen molar-refractivity contribution in [1.29, 1.82) is 0 Å². The molecular weight excluding hydrogens is 392 g/mol. The minimum Gasteiger partial charge on any atom is -0.512 e. The molecule has 0 fully saturated rings. The molecule has 0 aromatic carbocycles. The topological polar surface area (TPSA) is 74.6 Å². The number of hydrogen-bond acceptors (Lipinski definition) is 4. The SMILES string of the molecule is CC(C)(C)C(=O)/C=C(/O)C(C)(C)C.CC(C)(C)C(=O)/C=C(\O)C(C)(C)C.[Cu].